The van der Waals surface area contributed by atoms with E-state index in [0.29, 0.717) is 13.1 Å². The minimum absolute atomic E-state index is 0.100. The number of fused-ring (bicyclic) bond motifs is 3. The summed E-state index contributed by atoms with van der Waals surface area (Å²) in [5, 5.41) is 3.15. The Bertz CT molecular complexity index is 1290. The normalized spacial score (nSPS) is 14.6. The number of aryl methyl sites for hydroxylation is 1. The Kier molecular flexibility index (Phi) is 6.09. The smallest absolute Gasteiger partial charge is 0.318 e. The first-order chi connectivity index (χ1) is 16.7. The lowest BCUT2D eigenvalue weighted by Gasteiger charge is -2.31. The van der Waals surface area contributed by atoms with E-state index in [1.165, 1.54) is 5.56 Å². The average molecular weight is 452 g/mol. The third-order valence-corrected chi connectivity index (χ3v) is 6.51. The van der Waals surface area contributed by atoms with Gasteiger partial charge in [0.1, 0.15) is 5.75 Å². The number of hydrogen-bond donors (Lipinski definition) is 1. The number of para-hydroxylation sites is 1. The van der Waals surface area contributed by atoms with Gasteiger partial charge in [-0.05, 0) is 59.0 Å². The van der Waals surface area contributed by atoms with Crippen LogP contribution in [0.1, 0.15) is 40.9 Å². The topological polar surface area (TPSA) is 46.5 Å². The lowest BCUT2D eigenvalue weighted by Crippen LogP contribution is -2.41. The van der Waals surface area contributed by atoms with Crippen LogP contribution in [0.3, 0.4) is 0 Å². The van der Waals surface area contributed by atoms with Gasteiger partial charge in [0.25, 0.3) is 0 Å². The predicted molar refractivity (Wildman–Crippen MR) is 134 cm³/mol. The molecule has 34 heavy (non-hydrogen) atoms. The van der Waals surface area contributed by atoms with Crippen LogP contribution >= 0.6 is 0 Å². The summed E-state index contributed by atoms with van der Waals surface area (Å²) in [4.78, 5) is 15.6. The van der Waals surface area contributed by atoms with Crippen molar-refractivity contribution in [3.05, 3.63) is 119 Å². The van der Waals surface area contributed by atoms with Crippen LogP contribution in [0, 0.1) is 0 Å². The highest BCUT2D eigenvalue weighted by atomic mass is 16.5. The van der Waals surface area contributed by atoms with E-state index in [1.807, 2.05) is 41.3 Å². The number of amides is 2. The number of carbonyl (C=O) groups excluding carboxylic acids is 1. The van der Waals surface area contributed by atoms with Crippen molar-refractivity contribution in [2.75, 3.05) is 7.11 Å². The van der Waals surface area contributed by atoms with Crippen molar-refractivity contribution in [2.45, 2.75) is 32.5 Å². The molecule has 1 atom stereocenters. The summed E-state index contributed by atoms with van der Waals surface area (Å²) in [5.41, 5.74) is 6.68. The first-order valence-electron chi connectivity index (χ1n) is 11.7. The number of carbonyl (C=O) groups is 1. The van der Waals surface area contributed by atoms with Crippen LogP contribution in [0.15, 0.2) is 91.1 Å². The third kappa shape index (κ3) is 4.17. The highest BCUT2D eigenvalue weighted by Gasteiger charge is 2.32. The predicted octanol–water partition coefficient (Wildman–Crippen LogP) is 5.86. The first kappa shape index (κ1) is 21.8. The molecule has 1 aliphatic rings. The Morgan fingerprint density at radius 2 is 1.79 bits per heavy atom. The molecular weight excluding hydrogens is 422 g/mol. The Labute approximate surface area is 200 Å². The van der Waals surface area contributed by atoms with Gasteiger partial charge in [-0.15, -0.1) is 0 Å². The van der Waals surface area contributed by atoms with Crippen molar-refractivity contribution < 1.29 is 9.53 Å². The molecule has 4 aromatic rings. The summed E-state index contributed by atoms with van der Waals surface area (Å²) in [5.74, 6) is 0.780. The molecule has 1 N–H and O–H groups in total. The summed E-state index contributed by atoms with van der Waals surface area (Å²) >= 11 is 0. The molecule has 3 aromatic carbocycles. The molecular formula is C29H29N3O2. The molecule has 0 saturated carbocycles. The second kappa shape index (κ2) is 9.48. The molecule has 0 aliphatic carbocycles. The zero-order chi connectivity index (χ0) is 23.5. The lowest BCUT2D eigenvalue weighted by atomic mass is 10.00. The molecule has 0 saturated heterocycles. The second-order valence-corrected chi connectivity index (χ2v) is 8.57. The summed E-state index contributed by atoms with van der Waals surface area (Å²) < 4.78 is 7.54. The van der Waals surface area contributed by atoms with Gasteiger partial charge in [-0.3, -0.25) is 0 Å². The van der Waals surface area contributed by atoms with Crippen LogP contribution in [0.2, 0.25) is 0 Å². The average Bonchev–Trinajstić information content (AvgIpc) is 3.32. The van der Waals surface area contributed by atoms with Gasteiger partial charge in [0.2, 0.25) is 0 Å². The van der Waals surface area contributed by atoms with Crippen LogP contribution in [0.5, 0.6) is 5.75 Å². The van der Waals surface area contributed by atoms with Gasteiger partial charge in [0.15, 0.2) is 0 Å². The van der Waals surface area contributed by atoms with Gasteiger partial charge in [0, 0.05) is 18.4 Å². The minimum Gasteiger partial charge on any atom is -0.497 e. The molecule has 2 amide bonds. The van der Waals surface area contributed by atoms with E-state index < -0.39 is 0 Å². The number of rotatable bonds is 5. The summed E-state index contributed by atoms with van der Waals surface area (Å²) in [6.07, 6.45) is 3.07. The summed E-state index contributed by atoms with van der Waals surface area (Å²) in [6.45, 7) is 3.10. The second-order valence-electron chi connectivity index (χ2n) is 8.57. The quantitative estimate of drug-likeness (QED) is 0.413. The zero-order valence-corrected chi connectivity index (χ0v) is 19.6. The van der Waals surface area contributed by atoms with Gasteiger partial charge >= 0.3 is 6.03 Å². The van der Waals surface area contributed by atoms with Crippen molar-refractivity contribution >= 4 is 6.03 Å². The summed E-state index contributed by atoms with van der Waals surface area (Å²) in [6, 6.07) is 28.6. The number of aromatic nitrogens is 1. The number of ether oxygens (including phenoxy) is 1. The molecule has 0 fully saturated rings. The fraction of sp³-hybridized carbons (Fsp3) is 0.207. The Morgan fingerprint density at radius 3 is 2.59 bits per heavy atom. The molecule has 5 nitrogen and oxygen atoms in total. The number of urea groups is 1. The lowest BCUT2D eigenvalue weighted by molar-refractivity contribution is 0.180. The Morgan fingerprint density at radius 1 is 0.971 bits per heavy atom. The number of nitrogens with zero attached hydrogens (tertiary/aromatic N) is 2. The standard InChI is InChI=1S/C29H29N3O2/c1-3-21-13-15-23(16-14-21)28-27-12-7-17-31(27)26-11-5-4-9-24(26)20-32(28)29(33)30-19-22-8-6-10-25(18-22)34-2/h4-18,28H,3,19-20H2,1-2H3,(H,30,33)/t28-/m0/s1. The van der Waals surface area contributed by atoms with Gasteiger partial charge in [-0.1, -0.05) is 61.5 Å². The van der Waals surface area contributed by atoms with E-state index in [9.17, 15) is 4.79 Å². The van der Waals surface area contributed by atoms with Crippen LogP contribution in [0.4, 0.5) is 4.79 Å². The maximum atomic E-state index is 13.7. The van der Waals surface area contributed by atoms with Gasteiger partial charge in [-0.25, -0.2) is 4.79 Å². The third-order valence-electron chi connectivity index (χ3n) is 6.51. The molecule has 1 aliphatic heterocycles. The fourth-order valence-corrected chi connectivity index (χ4v) is 4.69. The van der Waals surface area contributed by atoms with Crippen LogP contribution in [-0.2, 0) is 19.5 Å². The zero-order valence-electron chi connectivity index (χ0n) is 19.6. The molecule has 1 aromatic heterocycles. The van der Waals surface area contributed by atoms with E-state index >= 15 is 0 Å². The van der Waals surface area contributed by atoms with Gasteiger partial charge in [-0.2, -0.15) is 0 Å². The van der Waals surface area contributed by atoms with Crippen molar-refractivity contribution in [2.24, 2.45) is 0 Å². The molecule has 0 bridgehead atoms. The van der Waals surface area contributed by atoms with Crippen LogP contribution in [0.25, 0.3) is 5.69 Å². The molecule has 0 radical (unpaired) electrons. The van der Waals surface area contributed by atoms with E-state index in [1.54, 1.807) is 7.11 Å². The van der Waals surface area contributed by atoms with E-state index in [-0.39, 0.29) is 12.1 Å². The van der Waals surface area contributed by atoms with E-state index in [2.05, 4.69) is 71.5 Å². The number of methoxy groups -OCH3 is 1. The fourth-order valence-electron chi connectivity index (χ4n) is 4.69. The maximum Gasteiger partial charge on any atom is 0.318 e. The van der Waals surface area contributed by atoms with Crippen molar-refractivity contribution in [3.63, 3.8) is 0 Å². The minimum atomic E-state index is -0.210. The summed E-state index contributed by atoms with van der Waals surface area (Å²) in [7, 11) is 1.65. The number of hydrogen-bond acceptors (Lipinski definition) is 2. The van der Waals surface area contributed by atoms with Gasteiger partial charge < -0.3 is 19.5 Å². The number of benzene rings is 3. The van der Waals surface area contributed by atoms with Crippen molar-refractivity contribution in [1.29, 1.82) is 0 Å². The SMILES string of the molecule is CCc1ccc([C@H]2c3cccn3-c3ccccc3CN2C(=O)NCc2cccc(OC)c2)cc1. The molecule has 0 unspecified atom stereocenters. The molecule has 172 valence electrons. The highest BCUT2D eigenvalue weighted by Crippen LogP contribution is 2.36. The first-order valence-corrected chi connectivity index (χ1v) is 11.7. The largest absolute Gasteiger partial charge is 0.497 e. The monoisotopic (exact) mass is 451 g/mol. The van der Waals surface area contributed by atoms with E-state index in [4.69, 9.17) is 4.74 Å². The highest BCUT2D eigenvalue weighted by molar-refractivity contribution is 5.76. The molecule has 0 spiro atoms. The maximum absolute atomic E-state index is 13.7. The molecule has 2 heterocycles. The molecule has 5 heteroatoms. The molecule has 5 rings (SSSR count). The van der Waals surface area contributed by atoms with Crippen LogP contribution in [-0.4, -0.2) is 22.6 Å². The Balaban J connectivity index is 1.52. The Hall–Kier alpha value is -3.99. The van der Waals surface area contributed by atoms with Gasteiger partial charge in [0.05, 0.1) is 25.4 Å². The van der Waals surface area contributed by atoms with Crippen molar-refractivity contribution in [3.8, 4) is 11.4 Å². The van der Waals surface area contributed by atoms with Crippen LogP contribution < -0.4 is 10.1 Å². The number of nitrogens with one attached hydrogen (secondary N) is 1. The van der Waals surface area contributed by atoms with E-state index in [0.717, 1.165) is 40.2 Å². The van der Waals surface area contributed by atoms with Crippen molar-refractivity contribution in [1.82, 2.24) is 14.8 Å².